The van der Waals surface area contributed by atoms with Gasteiger partial charge in [-0.3, -0.25) is 0 Å². The third-order valence-corrected chi connectivity index (χ3v) is 3.67. The van der Waals surface area contributed by atoms with Crippen molar-refractivity contribution in [2.24, 2.45) is 0 Å². The standard InChI is InChI=1S/C16H14ClF3O/c1-9-3-5-13(14(17)7-9)15(21)12-6-4-11(8-10(12)2)16(18,19)20/h3-8,15,21H,1-2H3. The zero-order chi connectivity index (χ0) is 15.8. The van der Waals surface area contributed by atoms with E-state index in [4.69, 9.17) is 11.6 Å². The van der Waals surface area contributed by atoms with E-state index in [0.29, 0.717) is 21.7 Å². The van der Waals surface area contributed by atoms with Crippen LogP contribution in [0.15, 0.2) is 36.4 Å². The van der Waals surface area contributed by atoms with Gasteiger partial charge in [0.2, 0.25) is 0 Å². The molecule has 0 aliphatic rings. The van der Waals surface area contributed by atoms with Crippen molar-refractivity contribution >= 4 is 11.6 Å². The number of aryl methyl sites for hydroxylation is 2. The molecule has 2 rings (SSSR count). The second kappa shape index (κ2) is 5.70. The summed E-state index contributed by atoms with van der Waals surface area (Å²) >= 11 is 6.09. The Balaban J connectivity index is 2.42. The Bertz CT molecular complexity index is 665. The summed E-state index contributed by atoms with van der Waals surface area (Å²) in [5, 5.41) is 10.8. The van der Waals surface area contributed by atoms with Gasteiger partial charge >= 0.3 is 6.18 Å². The summed E-state index contributed by atoms with van der Waals surface area (Å²) in [7, 11) is 0. The van der Waals surface area contributed by atoms with Crippen molar-refractivity contribution in [2.75, 3.05) is 0 Å². The Morgan fingerprint density at radius 1 is 1.00 bits per heavy atom. The highest BCUT2D eigenvalue weighted by Crippen LogP contribution is 2.34. The molecule has 0 aromatic heterocycles. The van der Waals surface area contributed by atoms with E-state index < -0.39 is 17.8 Å². The fourth-order valence-electron chi connectivity index (χ4n) is 2.18. The SMILES string of the molecule is Cc1ccc(C(O)c2ccc(C(F)(F)F)cc2C)c(Cl)c1. The average Bonchev–Trinajstić information content (AvgIpc) is 2.36. The monoisotopic (exact) mass is 314 g/mol. The minimum Gasteiger partial charge on any atom is -0.384 e. The number of hydrogen-bond acceptors (Lipinski definition) is 1. The van der Waals surface area contributed by atoms with Gasteiger partial charge in [-0.2, -0.15) is 13.2 Å². The number of rotatable bonds is 2. The van der Waals surface area contributed by atoms with Gasteiger partial charge in [0, 0.05) is 10.6 Å². The molecular weight excluding hydrogens is 301 g/mol. The maximum absolute atomic E-state index is 12.6. The van der Waals surface area contributed by atoms with E-state index in [0.717, 1.165) is 17.7 Å². The lowest BCUT2D eigenvalue weighted by Crippen LogP contribution is -2.08. The number of halogens is 4. The maximum Gasteiger partial charge on any atom is 0.416 e. The topological polar surface area (TPSA) is 20.2 Å². The van der Waals surface area contributed by atoms with Crippen LogP contribution in [-0.4, -0.2) is 5.11 Å². The van der Waals surface area contributed by atoms with E-state index in [1.54, 1.807) is 18.2 Å². The van der Waals surface area contributed by atoms with Gasteiger partial charge in [0.1, 0.15) is 6.10 Å². The molecule has 0 aliphatic heterocycles. The fourth-order valence-corrected chi connectivity index (χ4v) is 2.52. The second-order valence-corrected chi connectivity index (χ2v) is 5.40. The summed E-state index contributed by atoms with van der Waals surface area (Å²) in [5.74, 6) is 0. The third-order valence-electron chi connectivity index (χ3n) is 3.34. The van der Waals surface area contributed by atoms with Crippen molar-refractivity contribution in [1.29, 1.82) is 0 Å². The maximum atomic E-state index is 12.6. The molecule has 0 saturated carbocycles. The molecule has 0 fully saturated rings. The average molecular weight is 315 g/mol. The van der Waals surface area contributed by atoms with Gasteiger partial charge in [0.15, 0.2) is 0 Å². The largest absolute Gasteiger partial charge is 0.416 e. The van der Waals surface area contributed by atoms with Gasteiger partial charge in [0.05, 0.1) is 5.56 Å². The van der Waals surface area contributed by atoms with E-state index in [1.807, 2.05) is 6.92 Å². The Kier molecular flexibility index (Phi) is 4.30. The smallest absolute Gasteiger partial charge is 0.384 e. The first-order valence-corrected chi connectivity index (χ1v) is 6.70. The van der Waals surface area contributed by atoms with Crippen molar-refractivity contribution in [1.82, 2.24) is 0 Å². The highest BCUT2D eigenvalue weighted by Gasteiger charge is 2.31. The number of benzene rings is 2. The molecule has 1 nitrogen and oxygen atoms in total. The van der Waals surface area contributed by atoms with Crippen LogP contribution < -0.4 is 0 Å². The van der Waals surface area contributed by atoms with Crippen LogP contribution >= 0.6 is 11.6 Å². The molecule has 1 atom stereocenters. The van der Waals surface area contributed by atoms with Crippen molar-refractivity contribution in [3.8, 4) is 0 Å². The van der Waals surface area contributed by atoms with Gasteiger partial charge in [-0.1, -0.05) is 29.8 Å². The molecule has 0 aliphatic carbocycles. The van der Waals surface area contributed by atoms with Crippen molar-refractivity contribution in [3.05, 3.63) is 69.2 Å². The van der Waals surface area contributed by atoms with Gasteiger partial charge in [-0.25, -0.2) is 0 Å². The second-order valence-electron chi connectivity index (χ2n) is 5.00. The lowest BCUT2D eigenvalue weighted by Gasteiger charge is -2.17. The Labute approximate surface area is 126 Å². The Morgan fingerprint density at radius 2 is 1.62 bits per heavy atom. The van der Waals surface area contributed by atoms with Crippen LogP contribution in [0, 0.1) is 13.8 Å². The molecule has 0 spiro atoms. The van der Waals surface area contributed by atoms with Gasteiger partial charge in [0.25, 0.3) is 0 Å². The van der Waals surface area contributed by atoms with Crippen LogP contribution in [0.3, 0.4) is 0 Å². The lowest BCUT2D eigenvalue weighted by atomic mass is 9.95. The van der Waals surface area contributed by atoms with E-state index in [9.17, 15) is 18.3 Å². The van der Waals surface area contributed by atoms with Gasteiger partial charge in [-0.15, -0.1) is 0 Å². The number of aliphatic hydroxyl groups excluding tert-OH is 1. The van der Waals surface area contributed by atoms with Crippen LogP contribution in [0.5, 0.6) is 0 Å². The highest BCUT2D eigenvalue weighted by molar-refractivity contribution is 6.31. The van der Waals surface area contributed by atoms with Crippen molar-refractivity contribution in [2.45, 2.75) is 26.1 Å². The van der Waals surface area contributed by atoms with E-state index in [1.165, 1.54) is 13.0 Å². The molecule has 1 unspecified atom stereocenters. The Hall–Kier alpha value is -1.52. The van der Waals surface area contributed by atoms with Gasteiger partial charge in [-0.05, 0) is 48.7 Å². The molecule has 0 bridgehead atoms. The summed E-state index contributed by atoms with van der Waals surface area (Å²) in [5.41, 5.74) is 1.47. The van der Waals surface area contributed by atoms with Gasteiger partial charge < -0.3 is 5.11 Å². The minimum absolute atomic E-state index is 0.369. The summed E-state index contributed by atoms with van der Waals surface area (Å²) in [6, 6.07) is 8.47. The Morgan fingerprint density at radius 3 is 2.14 bits per heavy atom. The van der Waals surface area contributed by atoms with E-state index >= 15 is 0 Å². The lowest BCUT2D eigenvalue weighted by molar-refractivity contribution is -0.137. The number of hydrogen-bond donors (Lipinski definition) is 1. The van der Waals surface area contributed by atoms with Crippen LogP contribution in [-0.2, 0) is 6.18 Å². The predicted octanol–water partition coefficient (Wildman–Crippen LogP) is 5.06. The van der Waals surface area contributed by atoms with Crippen molar-refractivity contribution in [3.63, 3.8) is 0 Å². The summed E-state index contributed by atoms with van der Waals surface area (Å²) in [6.07, 6.45) is -5.45. The quantitative estimate of drug-likeness (QED) is 0.821. The molecule has 5 heteroatoms. The molecule has 0 heterocycles. The molecule has 2 aromatic rings. The van der Waals surface area contributed by atoms with E-state index in [2.05, 4.69) is 0 Å². The summed E-state index contributed by atoms with van der Waals surface area (Å²) < 4.78 is 37.9. The molecule has 21 heavy (non-hydrogen) atoms. The molecule has 0 saturated heterocycles. The number of aliphatic hydroxyl groups is 1. The number of alkyl halides is 3. The fraction of sp³-hybridized carbons (Fsp3) is 0.250. The first-order chi connectivity index (χ1) is 9.70. The molecule has 0 amide bonds. The molecule has 1 N–H and O–H groups in total. The van der Waals surface area contributed by atoms with E-state index in [-0.39, 0.29) is 0 Å². The zero-order valence-electron chi connectivity index (χ0n) is 11.5. The molecule has 2 aromatic carbocycles. The first kappa shape index (κ1) is 15.9. The van der Waals surface area contributed by atoms with Crippen LogP contribution in [0.2, 0.25) is 5.02 Å². The summed E-state index contributed by atoms with van der Waals surface area (Å²) in [6.45, 7) is 3.40. The van der Waals surface area contributed by atoms with Crippen LogP contribution in [0.4, 0.5) is 13.2 Å². The summed E-state index contributed by atoms with van der Waals surface area (Å²) in [4.78, 5) is 0. The molecule has 112 valence electrons. The third kappa shape index (κ3) is 3.39. The molecular formula is C16H14ClF3O. The van der Waals surface area contributed by atoms with Crippen LogP contribution in [0.1, 0.15) is 33.9 Å². The normalized spacial score (nSPS) is 13.3. The van der Waals surface area contributed by atoms with Crippen molar-refractivity contribution < 1.29 is 18.3 Å². The predicted molar refractivity (Wildman–Crippen MR) is 76.4 cm³/mol. The zero-order valence-corrected chi connectivity index (χ0v) is 12.3. The minimum atomic E-state index is -4.39. The first-order valence-electron chi connectivity index (χ1n) is 6.32. The molecule has 0 radical (unpaired) electrons. The highest BCUT2D eigenvalue weighted by atomic mass is 35.5. The van der Waals surface area contributed by atoms with Crippen LogP contribution in [0.25, 0.3) is 0 Å².